The van der Waals surface area contributed by atoms with Crippen molar-refractivity contribution in [1.82, 2.24) is 0 Å². The second-order valence-electron chi connectivity index (χ2n) is 6.46. The molecule has 0 saturated heterocycles. The standard InChI is InChI=1S/C20H25O2P/c21-19-15-9-1-2-10-16-20(19)23(22,17-11-5-3-6-12-17)18-13-7-4-8-14-18/h3-8,11-14,19-21H,1-2,9-10,15-16H2/t19-,20-/m1/s1. The van der Waals surface area contributed by atoms with E-state index in [1.54, 1.807) is 0 Å². The number of hydrogen-bond donors (Lipinski definition) is 1. The number of benzene rings is 2. The molecular weight excluding hydrogens is 303 g/mol. The fourth-order valence-corrected chi connectivity index (χ4v) is 7.17. The van der Waals surface area contributed by atoms with Crippen LogP contribution in [-0.4, -0.2) is 16.9 Å². The molecule has 2 nitrogen and oxygen atoms in total. The third-order valence-corrected chi connectivity index (χ3v) is 8.61. The first kappa shape index (κ1) is 16.5. The molecule has 1 saturated carbocycles. The Bertz CT molecular complexity index is 610. The maximum Gasteiger partial charge on any atom is 0.148 e. The molecule has 0 aromatic heterocycles. The SMILES string of the molecule is O=P(c1ccccc1)(c1ccccc1)[C@@H]1CCCCCC[C@H]1O. The summed E-state index contributed by atoms with van der Waals surface area (Å²) in [5.41, 5.74) is -0.174. The van der Waals surface area contributed by atoms with Crippen molar-refractivity contribution in [2.75, 3.05) is 0 Å². The number of rotatable bonds is 3. The molecule has 23 heavy (non-hydrogen) atoms. The van der Waals surface area contributed by atoms with E-state index in [9.17, 15) is 9.67 Å². The molecule has 2 aromatic rings. The van der Waals surface area contributed by atoms with Crippen LogP contribution < -0.4 is 10.6 Å². The largest absolute Gasteiger partial charge is 0.392 e. The van der Waals surface area contributed by atoms with Crippen LogP contribution in [-0.2, 0) is 4.57 Å². The van der Waals surface area contributed by atoms with Gasteiger partial charge in [0.1, 0.15) is 7.14 Å². The quantitative estimate of drug-likeness (QED) is 0.862. The van der Waals surface area contributed by atoms with Crippen molar-refractivity contribution in [3.63, 3.8) is 0 Å². The fraction of sp³-hybridized carbons (Fsp3) is 0.400. The van der Waals surface area contributed by atoms with Gasteiger partial charge in [0.2, 0.25) is 0 Å². The lowest BCUT2D eigenvalue weighted by Crippen LogP contribution is -2.35. The summed E-state index contributed by atoms with van der Waals surface area (Å²) < 4.78 is 14.3. The van der Waals surface area contributed by atoms with Crippen LogP contribution >= 0.6 is 7.14 Å². The molecule has 122 valence electrons. The van der Waals surface area contributed by atoms with Gasteiger partial charge in [-0.2, -0.15) is 0 Å². The lowest BCUT2D eigenvalue weighted by molar-refractivity contribution is 0.144. The van der Waals surface area contributed by atoms with Crippen molar-refractivity contribution in [2.24, 2.45) is 0 Å². The van der Waals surface area contributed by atoms with Gasteiger partial charge in [-0.1, -0.05) is 86.3 Å². The molecule has 0 amide bonds. The van der Waals surface area contributed by atoms with Gasteiger partial charge in [-0.25, -0.2) is 0 Å². The molecule has 0 spiro atoms. The highest BCUT2D eigenvalue weighted by atomic mass is 31.2. The lowest BCUT2D eigenvalue weighted by Gasteiger charge is -2.33. The monoisotopic (exact) mass is 328 g/mol. The highest BCUT2D eigenvalue weighted by molar-refractivity contribution is 7.79. The molecule has 1 aliphatic rings. The van der Waals surface area contributed by atoms with Crippen molar-refractivity contribution in [3.05, 3.63) is 60.7 Å². The summed E-state index contributed by atoms with van der Waals surface area (Å²) >= 11 is 0. The first-order valence-electron chi connectivity index (χ1n) is 8.62. The summed E-state index contributed by atoms with van der Waals surface area (Å²) in [6.45, 7) is 0. The van der Waals surface area contributed by atoms with E-state index >= 15 is 0 Å². The molecule has 0 aliphatic heterocycles. The Hall–Kier alpha value is -1.37. The first-order chi connectivity index (χ1) is 11.2. The molecule has 1 aliphatic carbocycles. The van der Waals surface area contributed by atoms with Gasteiger partial charge in [0, 0.05) is 16.3 Å². The summed E-state index contributed by atoms with van der Waals surface area (Å²) in [5.74, 6) is 0. The van der Waals surface area contributed by atoms with Gasteiger partial charge in [-0.05, 0) is 12.8 Å². The molecule has 0 unspecified atom stereocenters. The van der Waals surface area contributed by atoms with Gasteiger partial charge < -0.3 is 9.67 Å². The van der Waals surface area contributed by atoms with Crippen molar-refractivity contribution < 1.29 is 9.67 Å². The lowest BCUT2D eigenvalue weighted by atomic mass is 9.98. The molecule has 1 fully saturated rings. The maximum atomic E-state index is 14.3. The van der Waals surface area contributed by atoms with E-state index in [2.05, 4.69) is 0 Å². The van der Waals surface area contributed by atoms with Crippen LogP contribution in [0.15, 0.2) is 60.7 Å². The molecule has 1 N–H and O–H groups in total. The van der Waals surface area contributed by atoms with Gasteiger partial charge >= 0.3 is 0 Å². The zero-order chi connectivity index (χ0) is 16.1. The first-order valence-corrected chi connectivity index (χ1v) is 10.4. The summed E-state index contributed by atoms with van der Waals surface area (Å²) in [4.78, 5) is 0. The predicted molar refractivity (Wildman–Crippen MR) is 97.3 cm³/mol. The Morgan fingerprint density at radius 3 is 1.74 bits per heavy atom. The predicted octanol–water partition coefficient (Wildman–Crippen LogP) is 4.08. The van der Waals surface area contributed by atoms with Gasteiger partial charge in [0.15, 0.2) is 0 Å². The summed E-state index contributed by atoms with van der Waals surface area (Å²) in [6.07, 6.45) is 5.53. The number of aliphatic hydroxyl groups is 1. The van der Waals surface area contributed by atoms with Gasteiger partial charge in [-0.3, -0.25) is 0 Å². The summed E-state index contributed by atoms with van der Waals surface area (Å²) in [6, 6.07) is 19.5. The van der Waals surface area contributed by atoms with Crippen molar-refractivity contribution in [1.29, 1.82) is 0 Å². The Morgan fingerprint density at radius 2 is 1.22 bits per heavy atom. The van der Waals surface area contributed by atoms with Crippen LogP contribution in [0, 0.1) is 0 Å². The average Bonchev–Trinajstić information content (AvgIpc) is 2.59. The van der Waals surface area contributed by atoms with Crippen LogP contribution in [0.3, 0.4) is 0 Å². The molecule has 2 atom stereocenters. The third-order valence-electron chi connectivity index (χ3n) is 4.94. The minimum absolute atomic E-state index is 0.174. The Labute approximate surface area is 138 Å². The van der Waals surface area contributed by atoms with E-state index < -0.39 is 13.2 Å². The smallest absolute Gasteiger partial charge is 0.148 e. The zero-order valence-electron chi connectivity index (χ0n) is 13.5. The maximum absolute atomic E-state index is 14.3. The van der Waals surface area contributed by atoms with E-state index in [4.69, 9.17) is 0 Å². The normalized spacial score (nSPS) is 23.0. The molecule has 0 radical (unpaired) electrons. The van der Waals surface area contributed by atoms with Crippen molar-refractivity contribution >= 4 is 17.8 Å². The highest BCUT2D eigenvalue weighted by Crippen LogP contribution is 2.52. The second-order valence-corrected chi connectivity index (χ2v) is 9.47. The number of aliphatic hydroxyl groups excluding tert-OH is 1. The molecule has 3 heteroatoms. The molecule has 3 rings (SSSR count). The van der Waals surface area contributed by atoms with Crippen molar-refractivity contribution in [3.8, 4) is 0 Å². The van der Waals surface area contributed by atoms with Crippen LogP contribution in [0.4, 0.5) is 0 Å². The minimum atomic E-state index is -2.85. The van der Waals surface area contributed by atoms with Crippen LogP contribution in [0.5, 0.6) is 0 Å². The summed E-state index contributed by atoms with van der Waals surface area (Å²) in [5, 5.41) is 12.5. The van der Waals surface area contributed by atoms with Crippen LogP contribution in [0.1, 0.15) is 38.5 Å². The zero-order valence-corrected chi connectivity index (χ0v) is 14.4. The van der Waals surface area contributed by atoms with E-state index in [0.717, 1.165) is 36.3 Å². The van der Waals surface area contributed by atoms with Gasteiger partial charge in [0.25, 0.3) is 0 Å². The second kappa shape index (κ2) is 7.47. The van der Waals surface area contributed by atoms with Crippen molar-refractivity contribution in [2.45, 2.75) is 50.3 Å². The molecule has 0 heterocycles. The topological polar surface area (TPSA) is 37.3 Å². The Morgan fingerprint density at radius 1 is 0.739 bits per heavy atom. The van der Waals surface area contributed by atoms with E-state index in [-0.39, 0.29) is 5.66 Å². The Balaban J connectivity index is 2.10. The molecular formula is C20H25O2P. The fourth-order valence-electron chi connectivity index (χ4n) is 3.70. The minimum Gasteiger partial charge on any atom is -0.392 e. The van der Waals surface area contributed by atoms with E-state index in [1.807, 2.05) is 60.7 Å². The van der Waals surface area contributed by atoms with Gasteiger partial charge in [0.05, 0.1) is 6.10 Å². The molecule has 0 bridgehead atoms. The third kappa shape index (κ3) is 3.44. The molecule has 2 aromatic carbocycles. The highest BCUT2D eigenvalue weighted by Gasteiger charge is 2.40. The Kier molecular flexibility index (Phi) is 5.35. The van der Waals surface area contributed by atoms with Crippen LogP contribution in [0.2, 0.25) is 0 Å². The van der Waals surface area contributed by atoms with Crippen LogP contribution in [0.25, 0.3) is 0 Å². The summed E-state index contributed by atoms with van der Waals surface area (Å²) in [7, 11) is -2.85. The average molecular weight is 328 g/mol. The van der Waals surface area contributed by atoms with E-state index in [1.165, 1.54) is 12.8 Å². The van der Waals surface area contributed by atoms with E-state index in [0.29, 0.717) is 0 Å². The van der Waals surface area contributed by atoms with Gasteiger partial charge in [-0.15, -0.1) is 0 Å². The number of hydrogen-bond acceptors (Lipinski definition) is 2.